The van der Waals surface area contributed by atoms with Crippen LogP contribution in [0.2, 0.25) is 0 Å². The highest BCUT2D eigenvalue weighted by Crippen LogP contribution is 2.25. The number of nitrogens with zero attached hydrogens (tertiary/aromatic N) is 2. The lowest BCUT2D eigenvalue weighted by atomic mass is 10.1. The lowest BCUT2D eigenvalue weighted by Gasteiger charge is -2.02. The summed E-state index contributed by atoms with van der Waals surface area (Å²) in [5, 5.41) is 2.16. The average molecular weight is 242 g/mol. The predicted molar refractivity (Wildman–Crippen MR) is 72.5 cm³/mol. The van der Waals surface area contributed by atoms with Crippen LogP contribution >= 0.6 is 11.3 Å². The Kier molecular flexibility index (Phi) is 2.69. The van der Waals surface area contributed by atoms with E-state index in [2.05, 4.69) is 46.0 Å². The fourth-order valence-electron chi connectivity index (χ4n) is 2.06. The van der Waals surface area contributed by atoms with Crippen molar-refractivity contribution in [2.75, 3.05) is 0 Å². The Morgan fingerprint density at radius 1 is 1.24 bits per heavy atom. The number of hydrogen-bond donors (Lipinski definition) is 0. The van der Waals surface area contributed by atoms with Crippen LogP contribution in [0.3, 0.4) is 0 Å². The SMILES string of the molecule is CCCc1ccc(-c2csc3nccn23)cc1. The van der Waals surface area contributed by atoms with Crippen LogP contribution in [0, 0.1) is 0 Å². The second-order valence-corrected chi connectivity index (χ2v) is 4.98. The maximum atomic E-state index is 4.29. The third kappa shape index (κ3) is 1.87. The van der Waals surface area contributed by atoms with E-state index < -0.39 is 0 Å². The van der Waals surface area contributed by atoms with Crippen molar-refractivity contribution in [2.45, 2.75) is 19.8 Å². The average Bonchev–Trinajstić information content (AvgIpc) is 2.93. The van der Waals surface area contributed by atoms with Gasteiger partial charge in [0.1, 0.15) is 0 Å². The molecule has 86 valence electrons. The van der Waals surface area contributed by atoms with Crippen molar-refractivity contribution in [3.8, 4) is 11.3 Å². The lowest BCUT2D eigenvalue weighted by molar-refractivity contribution is 0.922. The Hall–Kier alpha value is -1.61. The summed E-state index contributed by atoms with van der Waals surface area (Å²) in [5.41, 5.74) is 3.90. The van der Waals surface area contributed by atoms with E-state index in [0.29, 0.717) is 0 Å². The molecule has 17 heavy (non-hydrogen) atoms. The minimum Gasteiger partial charge on any atom is -0.290 e. The molecule has 0 atom stereocenters. The van der Waals surface area contributed by atoms with Gasteiger partial charge in [-0.05, 0) is 17.5 Å². The fraction of sp³-hybridized carbons (Fsp3) is 0.214. The molecule has 2 heterocycles. The van der Waals surface area contributed by atoms with Crippen LogP contribution in [0.4, 0.5) is 0 Å². The van der Waals surface area contributed by atoms with Gasteiger partial charge in [-0.25, -0.2) is 4.98 Å². The zero-order valence-corrected chi connectivity index (χ0v) is 10.6. The van der Waals surface area contributed by atoms with Crippen molar-refractivity contribution in [3.05, 3.63) is 47.6 Å². The van der Waals surface area contributed by atoms with E-state index in [4.69, 9.17) is 0 Å². The quantitative estimate of drug-likeness (QED) is 0.678. The minimum atomic E-state index is 1.05. The van der Waals surface area contributed by atoms with Gasteiger partial charge in [0.2, 0.25) is 0 Å². The first kappa shape index (κ1) is 10.5. The molecule has 1 aromatic carbocycles. The molecule has 0 saturated heterocycles. The van der Waals surface area contributed by atoms with E-state index in [1.807, 2.05) is 12.4 Å². The third-order valence-electron chi connectivity index (χ3n) is 2.93. The largest absolute Gasteiger partial charge is 0.290 e. The third-order valence-corrected chi connectivity index (χ3v) is 3.78. The van der Waals surface area contributed by atoms with Gasteiger partial charge in [0, 0.05) is 17.8 Å². The number of hydrogen-bond acceptors (Lipinski definition) is 2. The number of imidazole rings is 1. The Bertz CT molecular complexity index is 619. The van der Waals surface area contributed by atoms with Crippen LogP contribution in [-0.2, 0) is 6.42 Å². The molecule has 0 fully saturated rings. The molecule has 0 saturated carbocycles. The van der Waals surface area contributed by atoms with E-state index >= 15 is 0 Å². The second-order valence-electron chi connectivity index (χ2n) is 4.15. The molecular weight excluding hydrogens is 228 g/mol. The molecule has 0 bridgehead atoms. The summed E-state index contributed by atoms with van der Waals surface area (Å²) in [7, 11) is 0. The Balaban J connectivity index is 2.01. The Morgan fingerprint density at radius 2 is 2.06 bits per heavy atom. The molecule has 2 aromatic heterocycles. The van der Waals surface area contributed by atoms with Crippen molar-refractivity contribution < 1.29 is 0 Å². The molecular formula is C14H14N2S. The number of benzene rings is 1. The smallest absolute Gasteiger partial charge is 0.194 e. The van der Waals surface area contributed by atoms with Gasteiger partial charge in [0.25, 0.3) is 0 Å². The molecule has 0 amide bonds. The summed E-state index contributed by atoms with van der Waals surface area (Å²) in [6.45, 7) is 2.21. The van der Waals surface area contributed by atoms with Crippen LogP contribution in [0.15, 0.2) is 42.0 Å². The summed E-state index contributed by atoms with van der Waals surface area (Å²) in [6, 6.07) is 8.84. The minimum absolute atomic E-state index is 1.05. The van der Waals surface area contributed by atoms with E-state index in [9.17, 15) is 0 Å². The zero-order chi connectivity index (χ0) is 11.7. The van der Waals surface area contributed by atoms with Crippen LogP contribution in [0.5, 0.6) is 0 Å². The summed E-state index contributed by atoms with van der Waals surface area (Å²) < 4.78 is 2.14. The standard InChI is InChI=1S/C14H14N2S/c1-2-3-11-4-6-12(7-5-11)13-10-17-14-15-8-9-16(13)14/h4-10H,2-3H2,1H3. The van der Waals surface area contributed by atoms with Crippen molar-refractivity contribution in [1.29, 1.82) is 0 Å². The van der Waals surface area contributed by atoms with Gasteiger partial charge >= 0.3 is 0 Å². The zero-order valence-electron chi connectivity index (χ0n) is 9.76. The molecule has 3 rings (SSSR count). The molecule has 0 aliphatic rings. The normalized spacial score (nSPS) is 11.1. The van der Waals surface area contributed by atoms with Gasteiger partial charge in [0.15, 0.2) is 4.96 Å². The van der Waals surface area contributed by atoms with Crippen LogP contribution in [0.1, 0.15) is 18.9 Å². The number of aromatic nitrogens is 2. The maximum absolute atomic E-state index is 4.29. The highest BCUT2D eigenvalue weighted by Gasteiger charge is 2.05. The van der Waals surface area contributed by atoms with Gasteiger partial charge in [-0.3, -0.25) is 4.40 Å². The van der Waals surface area contributed by atoms with Crippen molar-refractivity contribution in [2.24, 2.45) is 0 Å². The summed E-state index contributed by atoms with van der Waals surface area (Å²) in [4.78, 5) is 5.35. The second kappa shape index (κ2) is 4.34. The van der Waals surface area contributed by atoms with E-state index in [1.165, 1.54) is 23.2 Å². The van der Waals surface area contributed by atoms with E-state index in [1.54, 1.807) is 11.3 Å². The molecule has 0 unspecified atom stereocenters. The maximum Gasteiger partial charge on any atom is 0.194 e. The van der Waals surface area contributed by atoms with Crippen LogP contribution < -0.4 is 0 Å². The first-order valence-corrected chi connectivity index (χ1v) is 6.76. The molecule has 0 radical (unpaired) electrons. The number of fused-ring (bicyclic) bond motifs is 1. The Morgan fingerprint density at radius 3 is 2.82 bits per heavy atom. The number of rotatable bonds is 3. The fourth-order valence-corrected chi connectivity index (χ4v) is 2.92. The molecule has 0 N–H and O–H groups in total. The molecule has 0 aliphatic heterocycles. The van der Waals surface area contributed by atoms with Gasteiger partial charge in [-0.15, -0.1) is 11.3 Å². The Labute approximate surface area is 105 Å². The van der Waals surface area contributed by atoms with Crippen molar-refractivity contribution in [1.82, 2.24) is 9.38 Å². The highest BCUT2D eigenvalue weighted by molar-refractivity contribution is 7.15. The number of aryl methyl sites for hydroxylation is 1. The van der Waals surface area contributed by atoms with E-state index in [-0.39, 0.29) is 0 Å². The van der Waals surface area contributed by atoms with Gasteiger partial charge in [-0.1, -0.05) is 37.6 Å². The summed E-state index contributed by atoms with van der Waals surface area (Å²) in [6.07, 6.45) is 6.22. The molecule has 0 spiro atoms. The van der Waals surface area contributed by atoms with Crippen molar-refractivity contribution in [3.63, 3.8) is 0 Å². The van der Waals surface area contributed by atoms with Crippen LogP contribution in [0.25, 0.3) is 16.2 Å². The van der Waals surface area contributed by atoms with Gasteiger partial charge in [0.05, 0.1) is 5.69 Å². The first-order valence-electron chi connectivity index (χ1n) is 5.88. The summed E-state index contributed by atoms with van der Waals surface area (Å²) in [5.74, 6) is 0. The highest BCUT2D eigenvalue weighted by atomic mass is 32.1. The molecule has 0 aliphatic carbocycles. The van der Waals surface area contributed by atoms with Gasteiger partial charge < -0.3 is 0 Å². The molecule has 3 heteroatoms. The molecule has 3 aromatic rings. The predicted octanol–water partition coefficient (Wildman–Crippen LogP) is 4.02. The van der Waals surface area contributed by atoms with Crippen LogP contribution in [-0.4, -0.2) is 9.38 Å². The summed E-state index contributed by atoms with van der Waals surface area (Å²) >= 11 is 1.68. The molecule has 2 nitrogen and oxygen atoms in total. The lowest BCUT2D eigenvalue weighted by Crippen LogP contribution is -1.86. The van der Waals surface area contributed by atoms with Gasteiger partial charge in [-0.2, -0.15) is 0 Å². The topological polar surface area (TPSA) is 17.3 Å². The first-order chi connectivity index (χ1) is 8.38. The number of thiazole rings is 1. The van der Waals surface area contributed by atoms with Crippen molar-refractivity contribution >= 4 is 16.3 Å². The van der Waals surface area contributed by atoms with E-state index in [0.717, 1.165) is 11.4 Å². The monoisotopic (exact) mass is 242 g/mol.